The molecule has 0 aliphatic heterocycles. The highest BCUT2D eigenvalue weighted by Gasteiger charge is 2.13. The number of carbonyl (C=O) groups excluding carboxylic acids is 1. The molecule has 0 bridgehead atoms. The van der Waals surface area contributed by atoms with Gasteiger partial charge in [0.25, 0.3) is 0 Å². The van der Waals surface area contributed by atoms with Crippen LogP contribution in [0.4, 0.5) is 5.69 Å². The third kappa shape index (κ3) is 4.64. The highest BCUT2D eigenvalue weighted by atomic mass is 79.9. The van der Waals surface area contributed by atoms with Crippen molar-refractivity contribution in [1.82, 2.24) is 0 Å². The number of nitrogens with one attached hydrogen (secondary N) is 1. The van der Waals surface area contributed by atoms with E-state index in [0.29, 0.717) is 10.7 Å². The van der Waals surface area contributed by atoms with Crippen LogP contribution < -0.4 is 5.32 Å². The summed E-state index contributed by atoms with van der Waals surface area (Å²) in [6, 6.07) is 4.99. The molecule has 0 aliphatic rings. The van der Waals surface area contributed by atoms with E-state index < -0.39 is 18.0 Å². The lowest BCUT2D eigenvalue weighted by atomic mass is 10.3. The van der Waals surface area contributed by atoms with Crippen molar-refractivity contribution >= 4 is 45.1 Å². The van der Waals surface area contributed by atoms with E-state index in [0.717, 1.165) is 4.47 Å². The first-order chi connectivity index (χ1) is 8.40. The maximum absolute atomic E-state index is 11.5. The fraction of sp³-hybridized carbons (Fsp3) is 0.273. The van der Waals surface area contributed by atoms with Crippen LogP contribution in [-0.4, -0.2) is 29.7 Å². The Balaban J connectivity index is 2.52. The number of hydrogen-bond donors (Lipinski definition) is 2. The second-order valence-electron chi connectivity index (χ2n) is 3.46. The first-order valence-electron chi connectivity index (χ1n) is 4.99. The number of hydrogen-bond acceptors (Lipinski definition) is 3. The normalized spacial score (nSPS) is 11.9. The Kier molecular flexibility index (Phi) is 5.58. The van der Waals surface area contributed by atoms with Gasteiger partial charge >= 0.3 is 5.97 Å². The van der Waals surface area contributed by atoms with Crippen LogP contribution >= 0.6 is 27.5 Å². The van der Waals surface area contributed by atoms with Gasteiger partial charge in [0.05, 0.1) is 10.7 Å². The minimum Gasteiger partial charge on any atom is -0.479 e. The maximum Gasteiger partial charge on any atom is 0.332 e. The molecule has 1 rings (SSSR count). The molecule has 5 nitrogen and oxygen atoms in total. The Bertz CT molecular complexity index is 466. The lowest BCUT2D eigenvalue weighted by molar-refractivity contribution is -0.150. The van der Waals surface area contributed by atoms with E-state index in [2.05, 4.69) is 21.2 Å². The molecule has 0 saturated heterocycles. The van der Waals surface area contributed by atoms with E-state index in [4.69, 9.17) is 21.4 Å². The number of carboxylic acids is 1. The largest absolute Gasteiger partial charge is 0.479 e. The Morgan fingerprint density at radius 2 is 2.22 bits per heavy atom. The first kappa shape index (κ1) is 14.9. The lowest BCUT2D eigenvalue weighted by Crippen LogP contribution is -2.26. The summed E-state index contributed by atoms with van der Waals surface area (Å²) in [6.07, 6.45) is -1.03. The van der Waals surface area contributed by atoms with Crippen molar-refractivity contribution in [3.05, 3.63) is 27.7 Å². The number of aliphatic carboxylic acids is 1. The highest BCUT2D eigenvalue weighted by Crippen LogP contribution is 2.25. The zero-order valence-corrected chi connectivity index (χ0v) is 11.8. The van der Waals surface area contributed by atoms with Gasteiger partial charge in [0, 0.05) is 4.47 Å². The molecule has 0 aliphatic carbocycles. The molecular formula is C11H11BrClNO4. The van der Waals surface area contributed by atoms with E-state index in [9.17, 15) is 9.59 Å². The predicted molar refractivity (Wildman–Crippen MR) is 70.8 cm³/mol. The van der Waals surface area contributed by atoms with Crippen LogP contribution in [0.15, 0.2) is 22.7 Å². The van der Waals surface area contributed by atoms with Crippen molar-refractivity contribution in [2.24, 2.45) is 0 Å². The summed E-state index contributed by atoms with van der Waals surface area (Å²) in [4.78, 5) is 22.0. The summed E-state index contributed by atoms with van der Waals surface area (Å²) in [5.41, 5.74) is 0.441. The Morgan fingerprint density at radius 3 is 2.78 bits per heavy atom. The molecule has 7 heteroatoms. The SMILES string of the molecule is C[C@H](OCC(=O)Nc1ccc(Br)cc1Cl)C(=O)O. The molecule has 1 aromatic rings. The standard InChI is InChI=1S/C11H11BrClNO4/c1-6(11(16)17)18-5-10(15)14-9-3-2-7(12)4-8(9)13/h2-4,6H,5H2,1H3,(H,14,15)(H,16,17)/t6-/m0/s1. The summed E-state index contributed by atoms with van der Waals surface area (Å²) >= 11 is 9.15. The van der Waals surface area contributed by atoms with Crippen LogP contribution in [0.1, 0.15) is 6.92 Å². The number of halogens is 2. The van der Waals surface area contributed by atoms with Crippen LogP contribution in [0.5, 0.6) is 0 Å². The van der Waals surface area contributed by atoms with Gasteiger partial charge < -0.3 is 15.2 Å². The monoisotopic (exact) mass is 335 g/mol. The van der Waals surface area contributed by atoms with Gasteiger partial charge in [-0.05, 0) is 25.1 Å². The number of amides is 1. The number of anilines is 1. The molecule has 0 fully saturated rings. The molecule has 0 aromatic heterocycles. The second kappa shape index (κ2) is 6.72. The molecule has 0 spiro atoms. The number of rotatable bonds is 5. The number of carbonyl (C=O) groups is 2. The Hall–Kier alpha value is -1.11. The predicted octanol–water partition coefficient (Wildman–Crippen LogP) is 2.53. The average Bonchev–Trinajstić information content (AvgIpc) is 2.29. The van der Waals surface area contributed by atoms with Crippen molar-refractivity contribution in [1.29, 1.82) is 0 Å². The van der Waals surface area contributed by atoms with Crippen LogP contribution in [-0.2, 0) is 14.3 Å². The molecule has 2 N–H and O–H groups in total. The highest BCUT2D eigenvalue weighted by molar-refractivity contribution is 9.10. The Labute approximate surface area is 117 Å². The minimum absolute atomic E-state index is 0.347. The van der Waals surface area contributed by atoms with Gasteiger partial charge in [-0.15, -0.1) is 0 Å². The zero-order chi connectivity index (χ0) is 13.7. The van der Waals surface area contributed by atoms with Crippen molar-refractivity contribution in [3.63, 3.8) is 0 Å². The van der Waals surface area contributed by atoms with Crippen molar-refractivity contribution in [2.45, 2.75) is 13.0 Å². The zero-order valence-electron chi connectivity index (χ0n) is 9.44. The van der Waals surface area contributed by atoms with Gasteiger partial charge in [0.2, 0.25) is 5.91 Å². The van der Waals surface area contributed by atoms with Gasteiger partial charge in [-0.2, -0.15) is 0 Å². The van der Waals surface area contributed by atoms with Crippen molar-refractivity contribution in [3.8, 4) is 0 Å². The van der Waals surface area contributed by atoms with E-state index in [1.54, 1.807) is 18.2 Å². The molecule has 0 unspecified atom stereocenters. The van der Waals surface area contributed by atoms with E-state index >= 15 is 0 Å². The van der Waals surface area contributed by atoms with Gasteiger partial charge in [-0.3, -0.25) is 4.79 Å². The summed E-state index contributed by atoms with van der Waals surface area (Å²) in [5, 5.41) is 11.5. The smallest absolute Gasteiger partial charge is 0.332 e. The molecule has 98 valence electrons. The van der Waals surface area contributed by atoms with Crippen LogP contribution in [0, 0.1) is 0 Å². The number of carboxylic acid groups (broad SMARTS) is 1. The molecule has 0 saturated carbocycles. The summed E-state index contributed by atoms with van der Waals surface area (Å²) in [6.45, 7) is 1.00. The average molecular weight is 337 g/mol. The molecule has 1 atom stereocenters. The van der Waals surface area contributed by atoms with Crippen LogP contribution in [0.25, 0.3) is 0 Å². The summed E-state index contributed by atoms with van der Waals surface area (Å²) in [7, 11) is 0. The van der Waals surface area contributed by atoms with Gasteiger partial charge in [0.1, 0.15) is 6.61 Å². The Morgan fingerprint density at radius 1 is 1.56 bits per heavy atom. The van der Waals surface area contributed by atoms with Gasteiger partial charge in [-0.1, -0.05) is 27.5 Å². The van der Waals surface area contributed by atoms with Crippen LogP contribution in [0.2, 0.25) is 5.02 Å². The quantitative estimate of drug-likeness (QED) is 0.866. The number of ether oxygens (including phenoxy) is 1. The molecule has 18 heavy (non-hydrogen) atoms. The van der Waals surface area contributed by atoms with Crippen molar-refractivity contribution in [2.75, 3.05) is 11.9 Å². The molecule has 0 heterocycles. The fourth-order valence-electron chi connectivity index (χ4n) is 1.05. The lowest BCUT2D eigenvalue weighted by Gasteiger charge is -2.10. The molecule has 1 aromatic carbocycles. The molecule has 0 radical (unpaired) electrons. The second-order valence-corrected chi connectivity index (χ2v) is 4.79. The fourth-order valence-corrected chi connectivity index (χ4v) is 1.77. The number of benzene rings is 1. The van der Waals surface area contributed by atoms with E-state index in [-0.39, 0.29) is 6.61 Å². The molecule has 1 amide bonds. The third-order valence-electron chi connectivity index (χ3n) is 2.02. The maximum atomic E-state index is 11.5. The van der Waals surface area contributed by atoms with Crippen LogP contribution in [0.3, 0.4) is 0 Å². The minimum atomic E-state index is -1.12. The topological polar surface area (TPSA) is 75.6 Å². The first-order valence-corrected chi connectivity index (χ1v) is 6.16. The van der Waals surface area contributed by atoms with Crippen molar-refractivity contribution < 1.29 is 19.4 Å². The summed E-state index contributed by atoms with van der Waals surface area (Å²) in [5.74, 6) is -1.59. The van der Waals surface area contributed by atoms with E-state index in [1.807, 2.05) is 0 Å². The molecular weight excluding hydrogens is 325 g/mol. The summed E-state index contributed by atoms with van der Waals surface area (Å²) < 4.78 is 5.63. The van der Waals surface area contributed by atoms with E-state index in [1.165, 1.54) is 6.92 Å². The third-order valence-corrected chi connectivity index (χ3v) is 2.82. The van der Waals surface area contributed by atoms with Gasteiger partial charge in [-0.25, -0.2) is 4.79 Å². The van der Waals surface area contributed by atoms with Gasteiger partial charge in [0.15, 0.2) is 6.10 Å².